The zero-order chi connectivity index (χ0) is 14.5. The van der Waals surface area contributed by atoms with Crippen molar-refractivity contribution in [3.8, 4) is 0 Å². The van der Waals surface area contributed by atoms with Gasteiger partial charge in [-0.05, 0) is 18.2 Å². The van der Waals surface area contributed by atoms with Crippen molar-refractivity contribution in [2.24, 2.45) is 0 Å². The van der Waals surface area contributed by atoms with Crippen LogP contribution < -0.4 is 5.32 Å². The molecule has 0 aliphatic carbocycles. The number of aromatic nitrogens is 2. The van der Waals surface area contributed by atoms with Crippen LogP contribution in [0.2, 0.25) is 0 Å². The summed E-state index contributed by atoms with van der Waals surface area (Å²) >= 11 is 3.14. The third kappa shape index (κ3) is 3.64. The quantitative estimate of drug-likeness (QED) is 0.909. The van der Waals surface area contributed by atoms with Crippen LogP contribution in [-0.2, 0) is 11.3 Å². The molecule has 0 bridgehead atoms. The van der Waals surface area contributed by atoms with Gasteiger partial charge in [-0.15, -0.1) is 0 Å². The monoisotopic (exact) mass is 341 g/mol. The van der Waals surface area contributed by atoms with Crippen LogP contribution in [0.15, 0.2) is 35.1 Å². The molecule has 20 heavy (non-hydrogen) atoms. The fraction of sp³-hybridized carbons (Fsp3) is 0.231. The molecule has 1 heterocycles. The van der Waals surface area contributed by atoms with Crippen LogP contribution in [0.5, 0.6) is 0 Å². The molecule has 7 heteroatoms. The number of nitrogens with one attached hydrogen (secondary N) is 1. The maximum atomic E-state index is 13.6. The van der Waals surface area contributed by atoms with Gasteiger partial charge in [-0.1, -0.05) is 15.9 Å². The molecule has 1 aromatic carbocycles. The van der Waals surface area contributed by atoms with Crippen LogP contribution >= 0.6 is 15.9 Å². The minimum Gasteiger partial charge on any atom is -0.383 e. The Labute approximate surface area is 123 Å². The topological polar surface area (TPSA) is 56.1 Å². The number of halogens is 2. The summed E-state index contributed by atoms with van der Waals surface area (Å²) in [6, 6.07) is 4.28. The average molecular weight is 342 g/mol. The summed E-state index contributed by atoms with van der Waals surface area (Å²) < 4.78 is 20.8. The lowest BCUT2D eigenvalue weighted by atomic mass is 10.2. The van der Waals surface area contributed by atoms with Crippen LogP contribution in [0.3, 0.4) is 0 Å². The lowest BCUT2D eigenvalue weighted by molar-refractivity contribution is 0.102. The highest BCUT2D eigenvalue weighted by atomic mass is 79.9. The SMILES string of the molecule is COCCn1cc(NC(=O)c2ccc(Br)cc2F)cn1. The van der Waals surface area contributed by atoms with Gasteiger partial charge in [0.25, 0.3) is 5.91 Å². The predicted molar refractivity (Wildman–Crippen MR) is 76.2 cm³/mol. The number of carbonyl (C=O) groups excluding carboxylic acids is 1. The zero-order valence-electron chi connectivity index (χ0n) is 10.8. The summed E-state index contributed by atoms with van der Waals surface area (Å²) in [4.78, 5) is 11.9. The van der Waals surface area contributed by atoms with E-state index in [1.807, 2.05) is 0 Å². The molecule has 1 N–H and O–H groups in total. The van der Waals surface area contributed by atoms with E-state index in [1.54, 1.807) is 24.1 Å². The summed E-state index contributed by atoms with van der Waals surface area (Å²) in [7, 11) is 1.60. The fourth-order valence-corrected chi connectivity index (χ4v) is 1.94. The van der Waals surface area contributed by atoms with E-state index >= 15 is 0 Å². The van der Waals surface area contributed by atoms with Crippen LogP contribution in [0.1, 0.15) is 10.4 Å². The number of hydrogen-bond donors (Lipinski definition) is 1. The van der Waals surface area contributed by atoms with E-state index in [1.165, 1.54) is 18.3 Å². The number of benzene rings is 1. The molecule has 0 aliphatic rings. The second kappa shape index (κ2) is 6.62. The largest absolute Gasteiger partial charge is 0.383 e. The van der Waals surface area contributed by atoms with E-state index in [0.717, 1.165) is 0 Å². The molecule has 2 aromatic rings. The number of carbonyl (C=O) groups is 1. The van der Waals surface area contributed by atoms with Gasteiger partial charge in [0.05, 0.1) is 30.6 Å². The maximum absolute atomic E-state index is 13.6. The Kier molecular flexibility index (Phi) is 4.86. The number of ether oxygens (including phenoxy) is 1. The lowest BCUT2D eigenvalue weighted by Gasteiger charge is -2.04. The van der Waals surface area contributed by atoms with Crippen molar-refractivity contribution < 1.29 is 13.9 Å². The first-order valence-electron chi connectivity index (χ1n) is 5.88. The average Bonchev–Trinajstić information content (AvgIpc) is 2.83. The Balaban J connectivity index is 2.05. The smallest absolute Gasteiger partial charge is 0.258 e. The van der Waals surface area contributed by atoms with E-state index in [-0.39, 0.29) is 5.56 Å². The van der Waals surface area contributed by atoms with Crippen molar-refractivity contribution in [2.45, 2.75) is 6.54 Å². The molecule has 0 fully saturated rings. The van der Waals surface area contributed by atoms with Crippen LogP contribution in [-0.4, -0.2) is 29.4 Å². The normalized spacial score (nSPS) is 10.6. The van der Waals surface area contributed by atoms with Gasteiger partial charge in [-0.2, -0.15) is 5.10 Å². The molecule has 5 nitrogen and oxygen atoms in total. The van der Waals surface area contributed by atoms with Crippen molar-refractivity contribution in [1.82, 2.24) is 9.78 Å². The summed E-state index contributed by atoms with van der Waals surface area (Å²) in [6.07, 6.45) is 3.16. The molecular formula is C13H13BrFN3O2. The van der Waals surface area contributed by atoms with Gasteiger partial charge in [0.1, 0.15) is 5.82 Å². The zero-order valence-corrected chi connectivity index (χ0v) is 12.4. The molecule has 0 radical (unpaired) electrons. The van der Waals surface area contributed by atoms with Crippen molar-refractivity contribution in [1.29, 1.82) is 0 Å². The summed E-state index contributed by atoms with van der Waals surface area (Å²) in [5, 5.41) is 6.65. The van der Waals surface area contributed by atoms with Gasteiger partial charge in [-0.3, -0.25) is 9.48 Å². The first-order chi connectivity index (χ1) is 9.60. The van der Waals surface area contributed by atoms with E-state index in [4.69, 9.17) is 4.74 Å². The molecule has 0 atom stereocenters. The second-order valence-electron chi connectivity index (χ2n) is 4.06. The summed E-state index contributed by atoms with van der Waals surface area (Å²) in [6.45, 7) is 1.11. The van der Waals surface area contributed by atoms with Gasteiger partial charge in [0.15, 0.2) is 0 Å². The number of anilines is 1. The lowest BCUT2D eigenvalue weighted by Crippen LogP contribution is -2.13. The Morgan fingerprint density at radius 2 is 2.35 bits per heavy atom. The first kappa shape index (κ1) is 14.7. The Morgan fingerprint density at radius 3 is 3.05 bits per heavy atom. The third-order valence-electron chi connectivity index (χ3n) is 2.59. The Bertz CT molecular complexity index is 615. The molecule has 1 aromatic heterocycles. The minimum atomic E-state index is -0.580. The number of nitrogens with zero attached hydrogens (tertiary/aromatic N) is 2. The molecular weight excluding hydrogens is 329 g/mol. The van der Waals surface area contributed by atoms with E-state index < -0.39 is 11.7 Å². The molecule has 0 saturated heterocycles. The van der Waals surface area contributed by atoms with Gasteiger partial charge in [0.2, 0.25) is 0 Å². The number of methoxy groups -OCH3 is 1. The van der Waals surface area contributed by atoms with Crippen molar-refractivity contribution >= 4 is 27.5 Å². The standard InChI is InChI=1S/C13H13BrFN3O2/c1-20-5-4-18-8-10(7-16-18)17-13(19)11-3-2-9(14)6-12(11)15/h2-3,6-8H,4-5H2,1H3,(H,17,19). The van der Waals surface area contributed by atoms with Gasteiger partial charge < -0.3 is 10.1 Å². The third-order valence-corrected chi connectivity index (χ3v) is 3.08. The van der Waals surface area contributed by atoms with E-state index in [2.05, 4.69) is 26.3 Å². The molecule has 0 saturated carbocycles. The van der Waals surface area contributed by atoms with Crippen LogP contribution in [0.4, 0.5) is 10.1 Å². The number of amides is 1. The van der Waals surface area contributed by atoms with Crippen LogP contribution in [0, 0.1) is 5.82 Å². The Morgan fingerprint density at radius 1 is 1.55 bits per heavy atom. The highest BCUT2D eigenvalue weighted by molar-refractivity contribution is 9.10. The van der Waals surface area contributed by atoms with E-state index in [9.17, 15) is 9.18 Å². The minimum absolute atomic E-state index is 0.0159. The van der Waals surface area contributed by atoms with Gasteiger partial charge >= 0.3 is 0 Å². The summed E-state index contributed by atoms with van der Waals surface area (Å²) in [5.41, 5.74) is 0.492. The predicted octanol–water partition coefficient (Wildman–Crippen LogP) is 2.68. The van der Waals surface area contributed by atoms with Gasteiger partial charge in [-0.25, -0.2) is 4.39 Å². The van der Waals surface area contributed by atoms with Crippen molar-refractivity contribution in [3.63, 3.8) is 0 Å². The number of rotatable bonds is 5. The first-order valence-corrected chi connectivity index (χ1v) is 6.67. The highest BCUT2D eigenvalue weighted by Gasteiger charge is 2.12. The molecule has 1 amide bonds. The van der Waals surface area contributed by atoms with Crippen LogP contribution in [0.25, 0.3) is 0 Å². The Hall–Kier alpha value is -1.73. The highest BCUT2D eigenvalue weighted by Crippen LogP contribution is 2.16. The van der Waals surface area contributed by atoms with E-state index in [0.29, 0.717) is 23.3 Å². The maximum Gasteiger partial charge on any atom is 0.258 e. The summed E-state index contributed by atoms with van der Waals surface area (Å²) in [5.74, 6) is -1.09. The molecule has 0 unspecified atom stereocenters. The molecule has 0 aliphatic heterocycles. The van der Waals surface area contributed by atoms with Crippen molar-refractivity contribution in [3.05, 3.63) is 46.4 Å². The van der Waals surface area contributed by atoms with Gasteiger partial charge in [0, 0.05) is 17.8 Å². The number of hydrogen-bond acceptors (Lipinski definition) is 3. The second-order valence-corrected chi connectivity index (χ2v) is 4.98. The molecule has 2 rings (SSSR count). The van der Waals surface area contributed by atoms with Crippen molar-refractivity contribution in [2.75, 3.05) is 19.0 Å². The fourth-order valence-electron chi connectivity index (χ4n) is 1.61. The molecule has 106 valence electrons. The molecule has 0 spiro atoms.